The molecular weight excluding hydrogens is 208 g/mol. The molecule has 0 saturated carbocycles. The minimum absolute atomic E-state index is 0.159. The van der Waals surface area contributed by atoms with Crippen molar-refractivity contribution in [2.75, 3.05) is 13.2 Å². The van der Waals surface area contributed by atoms with Crippen molar-refractivity contribution in [2.24, 2.45) is 11.3 Å². The SMILES string of the molecule is CCC(CC(C)(C)C(=O)O)C1OCCCO1. The molecule has 0 aliphatic carbocycles. The summed E-state index contributed by atoms with van der Waals surface area (Å²) in [6.07, 6.45) is 2.16. The Bertz CT molecular complexity index is 231. The van der Waals surface area contributed by atoms with Gasteiger partial charge in [-0.1, -0.05) is 6.92 Å². The van der Waals surface area contributed by atoms with Gasteiger partial charge in [-0.25, -0.2) is 0 Å². The Labute approximate surface area is 96.9 Å². The maximum Gasteiger partial charge on any atom is 0.309 e. The van der Waals surface area contributed by atoms with Gasteiger partial charge in [0.2, 0.25) is 0 Å². The Morgan fingerprint density at radius 1 is 1.44 bits per heavy atom. The maximum atomic E-state index is 11.1. The summed E-state index contributed by atoms with van der Waals surface area (Å²) in [4.78, 5) is 11.1. The highest BCUT2D eigenvalue weighted by atomic mass is 16.7. The molecule has 1 heterocycles. The van der Waals surface area contributed by atoms with E-state index in [0.29, 0.717) is 19.6 Å². The lowest BCUT2D eigenvalue weighted by atomic mass is 9.81. The van der Waals surface area contributed by atoms with Crippen molar-refractivity contribution in [1.29, 1.82) is 0 Å². The van der Waals surface area contributed by atoms with Crippen LogP contribution in [0.5, 0.6) is 0 Å². The summed E-state index contributed by atoms with van der Waals surface area (Å²) in [5.41, 5.74) is -0.717. The van der Waals surface area contributed by atoms with Gasteiger partial charge in [0.1, 0.15) is 0 Å². The van der Waals surface area contributed by atoms with E-state index in [2.05, 4.69) is 0 Å². The highest BCUT2D eigenvalue weighted by Crippen LogP contribution is 2.31. The molecule has 94 valence electrons. The fourth-order valence-corrected chi connectivity index (χ4v) is 1.95. The molecule has 0 amide bonds. The largest absolute Gasteiger partial charge is 0.481 e. The van der Waals surface area contributed by atoms with E-state index in [9.17, 15) is 4.79 Å². The summed E-state index contributed by atoms with van der Waals surface area (Å²) >= 11 is 0. The van der Waals surface area contributed by atoms with Gasteiger partial charge >= 0.3 is 5.97 Å². The summed E-state index contributed by atoms with van der Waals surface area (Å²) in [6.45, 7) is 6.98. The number of carboxylic acids is 1. The van der Waals surface area contributed by atoms with Gasteiger partial charge in [-0.3, -0.25) is 4.79 Å². The first kappa shape index (κ1) is 13.5. The maximum absolute atomic E-state index is 11.1. The fourth-order valence-electron chi connectivity index (χ4n) is 1.95. The normalized spacial score (nSPS) is 20.7. The minimum Gasteiger partial charge on any atom is -0.481 e. The van der Waals surface area contributed by atoms with Crippen LogP contribution in [0.2, 0.25) is 0 Å². The van der Waals surface area contributed by atoms with Crippen LogP contribution in [0.4, 0.5) is 0 Å². The minimum atomic E-state index is -0.762. The Morgan fingerprint density at radius 2 is 2.00 bits per heavy atom. The topological polar surface area (TPSA) is 55.8 Å². The molecule has 0 aromatic heterocycles. The van der Waals surface area contributed by atoms with Gasteiger partial charge in [-0.15, -0.1) is 0 Å². The molecule has 1 rings (SSSR count). The predicted molar refractivity (Wildman–Crippen MR) is 60.1 cm³/mol. The van der Waals surface area contributed by atoms with Crippen LogP contribution in [0.1, 0.15) is 40.0 Å². The molecule has 1 unspecified atom stereocenters. The van der Waals surface area contributed by atoms with Crippen molar-refractivity contribution in [3.05, 3.63) is 0 Å². The molecule has 1 atom stereocenters. The lowest BCUT2D eigenvalue weighted by molar-refractivity contribution is -0.210. The summed E-state index contributed by atoms with van der Waals surface area (Å²) in [7, 11) is 0. The number of carbonyl (C=O) groups is 1. The van der Waals surface area contributed by atoms with E-state index < -0.39 is 11.4 Å². The van der Waals surface area contributed by atoms with E-state index in [-0.39, 0.29) is 12.2 Å². The predicted octanol–water partition coefficient (Wildman–Crippen LogP) is 2.28. The lowest BCUT2D eigenvalue weighted by Gasteiger charge is -2.33. The monoisotopic (exact) mass is 230 g/mol. The van der Waals surface area contributed by atoms with Gasteiger partial charge in [0.05, 0.1) is 18.6 Å². The van der Waals surface area contributed by atoms with Crippen molar-refractivity contribution in [2.45, 2.75) is 46.3 Å². The van der Waals surface area contributed by atoms with E-state index in [1.807, 2.05) is 6.92 Å². The zero-order chi connectivity index (χ0) is 12.2. The molecule has 1 saturated heterocycles. The first-order valence-electron chi connectivity index (χ1n) is 5.94. The summed E-state index contributed by atoms with van der Waals surface area (Å²) in [5.74, 6) is -0.604. The van der Waals surface area contributed by atoms with Crippen LogP contribution in [0.3, 0.4) is 0 Å². The van der Waals surface area contributed by atoms with Crippen LogP contribution in [0.15, 0.2) is 0 Å². The second-order valence-corrected chi connectivity index (χ2v) is 5.03. The Morgan fingerprint density at radius 3 is 2.44 bits per heavy atom. The molecule has 0 bridgehead atoms. The summed E-state index contributed by atoms with van der Waals surface area (Å²) in [5, 5.41) is 9.10. The third kappa shape index (κ3) is 3.46. The third-order valence-electron chi connectivity index (χ3n) is 3.11. The molecule has 0 aromatic rings. The van der Waals surface area contributed by atoms with Crippen LogP contribution >= 0.6 is 0 Å². The number of hydrogen-bond donors (Lipinski definition) is 1. The van der Waals surface area contributed by atoms with E-state index in [4.69, 9.17) is 14.6 Å². The highest BCUT2D eigenvalue weighted by Gasteiger charge is 2.34. The van der Waals surface area contributed by atoms with E-state index in [1.165, 1.54) is 0 Å². The van der Waals surface area contributed by atoms with Gasteiger partial charge in [-0.2, -0.15) is 0 Å². The third-order valence-corrected chi connectivity index (χ3v) is 3.11. The van der Waals surface area contributed by atoms with Crippen LogP contribution < -0.4 is 0 Å². The molecule has 4 nitrogen and oxygen atoms in total. The second-order valence-electron chi connectivity index (χ2n) is 5.03. The Balaban J connectivity index is 2.56. The molecule has 1 N–H and O–H groups in total. The van der Waals surface area contributed by atoms with E-state index >= 15 is 0 Å². The number of hydrogen-bond acceptors (Lipinski definition) is 3. The number of carboxylic acid groups (broad SMARTS) is 1. The standard InChI is InChI=1S/C12H22O4/c1-4-9(8-12(2,3)11(13)14)10-15-6-5-7-16-10/h9-10H,4-8H2,1-3H3,(H,13,14). The fraction of sp³-hybridized carbons (Fsp3) is 0.917. The average Bonchev–Trinajstić information content (AvgIpc) is 2.27. The van der Waals surface area contributed by atoms with Crippen LogP contribution in [0, 0.1) is 11.3 Å². The molecule has 4 heteroatoms. The quantitative estimate of drug-likeness (QED) is 0.787. The highest BCUT2D eigenvalue weighted by molar-refractivity contribution is 5.73. The average molecular weight is 230 g/mol. The zero-order valence-corrected chi connectivity index (χ0v) is 10.4. The van der Waals surface area contributed by atoms with Crippen LogP contribution in [0.25, 0.3) is 0 Å². The molecule has 1 aliphatic rings. The summed E-state index contributed by atoms with van der Waals surface area (Å²) < 4.78 is 11.1. The van der Waals surface area contributed by atoms with Crippen molar-refractivity contribution >= 4 is 5.97 Å². The lowest BCUT2D eigenvalue weighted by Crippen LogP contribution is -2.36. The summed E-state index contributed by atoms with van der Waals surface area (Å²) in [6, 6.07) is 0. The van der Waals surface area contributed by atoms with Crippen molar-refractivity contribution < 1.29 is 19.4 Å². The number of rotatable bonds is 5. The smallest absolute Gasteiger partial charge is 0.309 e. The molecule has 0 aromatic carbocycles. The molecule has 0 spiro atoms. The molecule has 16 heavy (non-hydrogen) atoms. The van der Waals surface area contributed by atoms with Gasteiger partial charge in [0.25, 0.3) is 0 Å². The Hall–Kier alpha value is -0.610. The van der Waals surface area contributed by atoms with Gasteiger partial charge in [-0.05, 0) is 33.1 Å². The number of ether oxygens (including phenoxy) is 2. The first-order valence-corrected chi connectivity index (χ1v) is 5.94. The molecular formula is C12H22O4. The second kappa shape index (κ2) is 5.64. The van der Waals surface area contributed by atoms with Crippen LogP contribution in [-0.4, -0.2) is 30.6 Å². The van der Waals surface area contributed by atoms with Crippen molar-refractivity contribution in [3.63, 3.8) is 0 Å². The molecule has 1 fully saturated rings. The Kier molecular flexibility index (Phi) is 4.74. The van der Waals surface area contributed by atoms with Crippen LogP contribution in [-0.2, 0) is 14.3 Å². The molecule has 1 aliphatic heterocycles. The first-order chi connectivity index (χ1) is 7.47. The van der Waals surface area contributed by atoms with E-state index in [0.717, 1.165) is 12.8 Å². The van der Waals surface area contributed by atoms with Gasteiger partial charge in [0, 0.05) is 5.92 Å². The van der Waals surface area contributed by atoms with Gasteiger partial charge in [0.15, 0.2) is 6.29 Å². The van der Waals surface area contributed by atoms with E-state index in [1.54, 1.807) is 13.8 Å². The van der Waals surface area contributed by atoms with Crippen molar-refractivity contribution in [3.8, 4) is 0 Å². The van der Waals surface area contributed by atoms with Gasteiger partial charge < -0.3 is 14.6 Å². The molecule has 0 radical (unpaired) electrons. The number of aliphatic carboxylic acids is 1. The van der Waals surface area contributed by atoms with Crippen molar-refractivity contribution in [1.82, 2.24) is 0 Å². The zero-order valence-electron chi connectivity index (χ0n) is 10.4.